The average Bonchev–Trinajstić information content (AvgIpc) is 3.23. The van der Waals surface area contributed by atoms with Gasteiger partial charge in [-0.25, -0.2) is 13.4 Å². The van der Waals surface area contributed by atoms with Crippen molar-refractivity contribution in [2.45, 2.75) is 48.8 Å². The SMILES string of the molecule is O=S(=O)(Nc1nc(C23CC4CC(CC(C4)C2)C3)cs1)c1ccc(Oc2ccccc2)cc1. The minimum Gasteiger partial charge on any atom is -0.457 e. The van der Waals surface area contributed by atoms with E-state index in [0.717, 1.165) is 23.4 Å². The van der Waals surface area contributed by atoms with Crippen LogP contribution < -0.4 is 9.46 Å². The van der Waals surface area contributed by atoms with Gasteiger partial charge < -0.3 is 4.74 Å². The number of aromatic nitrogens is 1. The Morgan fingerprint density at radius 2 is 1.47 bits per heavy atom. The number of nitrogens with zero attached hydrogens (tertiary/aromatic N) is 1. The molecule has 0 spiro atoms. The van der Waals surface area contributed by atoms with Gasteiger partial charge in [0.15, 0.2) is 5.13 Å². The van der Waals surface area contributed by atoms with Gasteiger partial charge >= 0.3 is 0 Å². The fourth-order valence-electron chi connectivity index (χ4n) is 6.47. The summed E-state index contributed by atoms with van der Waals surface area (Å²) in [7, 11) is -3.70. The molecule has 0 aliphatic heterocycles. The van der Waals surface area contributed by atoms with Gasteiger partial charge in [0.1, 0.15) is 11.5 Å². The Labute approximate surface area is 192 Å². The Morgan fingerprint density at radius 3 is 2.09 bits per heavy atom. The summed E-state index contributed by atoms with van der Waals surface area (Å²) < 4.78 is 34.3. The summed E-state index contributed by atoms with van der Waals surface area (Å²) in [4.78, 5) is 4.99. The summed E-state index contributed by atoms with van der Waals surface area (Å²) in [6, 6.07) is 15.9. The maximum atomic E-state index is 12.9. The van der Waals surface area contributed by atoms with Crippen LogP contribution in [0.4, 0.5) is 5.13 Å². The van der Waals surface area contributed by atoms with Gasteiger partial charge in [-0.1, -0.05) is 18.2 Å². The number of hydrogen-bond donors (Lipinski definition) is 1. The molecule has 0 saturated heterocycles. The van der Waals surface area contributed by atoms with Gasteiger partial charge in [0.2, 0.25) is 0 Å². The highest BCUT2D eigenvalue weighted by molar-refractivity contribution is 7.93. The van der Waals surface area contributed by atoms with Crippen molar-refractivity contribution in [1.29, 1.82) is 0 Å². The van der Waals surface area contributed by atoms with Crippen LogP contribution in [0.15, 0.2) is 64.9 Å². The fraction of sp³-hybridized carbons (Fsp3) is 0.400. The summed E-state index contributed by atoms with van der Waals surface area (Å²) in [6.45, 7) is 0. The van der Waals surface area contributed by atoms with Gasteiger partial charge in [0, 0.05) is 10.8 Å². The second-order valence-electron chi connectivity index (χ2n) is 9.73. The molecule has 5 nitrogen and oxygen atoms in total. The van der Waals surface area contributed by atoms with Crippen molar-refractivity contribution >= 4 is 26.5 Å². The van der Waals surface area contributed by atoms with Crippen molar-refractivity contribution in [3.05, 3.63) is 65.7 Å². The topological polar surface area (TPSA) is 68.3 Å². The normalized spacial score (nSPS) is 28.6. The van der Waals surface area contributed by atoms with Crippen LogP contribution in [0, 0.1) is 17.8 Å². The number of nitrogens with one attached hydrogen (secondary N) is 1. The second-order valence-corrected chi connectivity index (χ2v) is 12.3. The number of rotatable bonds is 6. The molecule has 1 N–H and O–H groups in total. The minimum atomic E-state index is -3.70. The van der Waals surface area contributed by atoms with E-state index < -0.39 is 10.0 Å². The average molecular weight is 467 g/mol. The summed E-state index contributed by atoms with van der Waals surface area (Å²) in [5, 5.41) is 2.54. The van der Waals surface area contributed by atoms with E-state index in [1.165, 1.54) is 49.9 Å². The Bertz CT molecular complexity index is 1180. The molecular weight excluding hydrogens is 440 g/mol. The largest absolute Gasteiger partial charge is 0.457 e. The number of para-hydroxylation sites is 1. The van der Waals surface area contributed by atoms with Crippen LogP contribution in [0.5, 0.6) is 11.5 Å². The van der Waals surface area contributed by atoms with Gasteiger partial charge in [0.25, 0.3) is 10.0 Å². The molecule has 3 aromatic rings. The van der Waals surface area contributed by atoms with Crippen molar-refractivity contribution in [3.8, 4) is 11.5 Å². The predicted octanol–water partition coefficient (Wildman–Crippen LogP) is 6.20. The Morgan fingerprint density at radius 1 is 0.875 bits per heavy atom. The van der Waals surface area contributed by atoms with Crippen LogP contribution in [0.25, 0.3) is 0 Å². The molecular formula is C25H26N2O3S2. The summed E-state index contributed by atoms with van der Waals surface area (Å²) in [5.74, 6) is 3.80. The lowest BCUT2D eigenvalue weighted by Crippen LogP contribution is -2.48. The molecule has 0 amide bonds. The second kappa shape index (κ2) is 7.59. The first kappa shape index (κ1) is 20.2. The first-order valence-corrected chi connectivity index (χ1v) is 13.7. The highest BCUT2D eigenvalue weighted by Crippen LogP contribution is 2.60. The molecule has 4 saturated carbocycles. The van der Waals surface area contributed by atoms with E-state index in [2.05, 4.69) is 10.1 Å². The third kappa shape index (κ3) is 3.71. The molecule has 4 bridgehead atoms. The lowest BCUT2D eigenvalue weighted by atomic mass is 9.49. The molecule has 7 rings (SSSR count). The van der Waals surface area contributed by atoms with Crippen LogP contribution >= 0.6 is 11.3 Å². The lowest BCUT2D eigenvalue weighted by Gasteiger charge is -2.56. The molecule has 32 heavy (non-hydrogen) atoms. The highest BCUT2D eigenvalue weighted by atomic mass is 32.2. The minimum absolute atomic E-state index is 0.172. The Hall–Kier alpha value is -2.38. The van der Waals surface area contributed by atoms with E-state index >= 15 is 0 Å². The third-order valence-corrected chi connectivity index (χ3v) is 9.66. The van der Waals surface area contributed by atoms with E-state index in [1.54, 1.807) is 24.3 Å². The zero-order valence-electron chi connectivity index (χ0n) is 17.7. The molecule has 1 aromatic heterocycles. The predicted molar refractivity (Wildman–Crippen MR) is 126 cm³/mol. The van der Waals surface area contributed by atoms with Crippen molar-refractivity contribution in [2.24, 2.45) is 17.8 Å². The number of anilines is 1. The maximum absolute atomic E-state index is 12.9. The van der Waals surface area contributed by atoms with Crippen molar-refractivity contribution in [2.75, 3.05) is 4.72 Å². The fourth-order valence-corrected chi connectivity index (χ4v) is 8.56. The lowest BCUT2D eigenvalue weighted by molar-refractivity contribution is -0.00688. The van der Waals surface area contributed by atoms with Crippen LogP contribution in [-0.2, 0) is 15.4 Å². The van der Waals surface area contributed by atoms with Crippen LogP contribution in [0.2, 0.25) is 0 Å². The Balaban J connectivity index is 1.18. The summed E-state index contributed by atoms with van der Waals surface area (Å²) in [5.41, 5.74) is 1.27. The molecule has 2 aromatic carbocycles. The quantitative estimate of drug-likeness (QED) is 0.469. The van der Waals surface area contributed by atoms with Crippen molar-refractivity contribution in [1.82, 2.24) is 4.98 Å². The summed E-state index contributed by atoms with van der Waals surface area (Å²) in [6.07, 6.45) is 7.81. The monoisotopic (exact) mass is 466 g/mol. The highest BCUT2D eigenvalue weighted by Gasteiger charge is 2.52. The number of sulfonamides is 1. The van der Waals surface area contributed by atoms with Crippen molar-refractivity contribution in [3.63, 3.8) is 0 Å². The maximum Gasteiger partial charge on any atom is 0.263 e. The molecule has 0 unspecified atom stereocenters. The van der Waals surface area contributed by atoms with Crippen molar-refractivity contribution < 1.29 is 13.2 Å². The Kier molecular flexibility index (Phi) is 4.80. The first-order chi connectivity index (χ1) is 15.5. The number of benzene rings is 2. The van der Waals surface area contributed by atoms with Crippen LogP contribution in [0.3, 0.4) is 0 Å². The molecule has 166 valence electrons. The molecule has 0 atom stereocenters. The molecule has 0 radical (unpaired) electrons. The smallest absolute Gasteiger partial charge is 0.263 e. The number of thiazole rings is 1. The third-order valence-electron chi connectivity index (χ3n) is 7.42. The molecule has 1 heterocycles. The van der Waals surface area contributed by atoms with E-state index in [9.17, 15) is 8.42 Å². The molecule has 4 aliphatic carbocycles. The van der Waals surface area contributed by atoms with Gasteiger partial charge in [-0.05, 0) is 92.7 Å². The van der Waals surface area contributed by atoms with E-state index in [-0.39, 0.29) is 10.3 Å². The van der Waals surface area contributed by atoms with E-state index in [0.29, 0.717) is 16.6 Å². The number of hydrogen-bond acceptors (Lipinski definition) is 5. The van der Waals surface area contributed by atoms with Gasteiger partial charge in [-0.3, -0.25) is 4.72 Å². The van der Waals surface area contributed by atoms with Crippen LogP contribution in [0.1, 0.15) is 44.2 Å². The first-order valence-electron chi connectivity index (χ1n) is 11.3. The molecule has 7 heteroatoms. The van der Waals surface area contributed by atoms with Gasteiger partial charge in [0.05, 0.1) is 10.6 Å². The zero-order valence-corrected chi connectivity index (χ0v) is 19.4. The molecule has 4 aliphatic rings. The van der Waals surface area contributed by atoms with Gasteiger partial charge in [-0.2, -0.15) is 0 Å². The van der Waals surface area contributed by atoms with E-state index in [4.69, 9.17) is 9.72 Å². The van der Waals surface area contributed by atoms with E-state index in [1.807, 2.05) is 30.3 Å². The van der Waals surface area contributed by atoms with Gasteiger partial charge in [-0.15, -0.1) is 11.3 Å². The molecule has 4 fully saturated rings. The summed E-state index contributed by atoms with van der Waals surface area (Å²) >= 11 is 1.40. The zero-order chi connectivity index (χ0) is 21.8. The number of ether oxygens (including phenoxy) is 1. The standard InChI is InChI=1S/C25H26N2O3S2/c28-32(29,22-8-6-21(7-9-22)30-20-4-2-1-3-5-20)27-24-26-23(16-31-24)25-13-17-10-18(14-25)12-19(11-17)15-25/h1-9,16-19H,10-15H2,(H,26,27). The van der Waals surface area contributed by atoms with Crippen LogP contribution in [-0.4, -0.2) is 13.4 Å².